The molecule has 28 heavy (non-hydrogen) atoms. The Morgan fingerprint density at radius 3 is 2.46 bits per heavy atom. The van der Waals surface area contributed by atoms with Crippen molar-refractivity contribution < 1.29 is 25.2 Å². The van der Waals surface area contributed by atoms with E-state index in [1.54, 1.807) is 0 Å². The molecule has 0 spiro atoms. The van der Waals surface area contributed by atoms with Gasteiger partial charge in [-0.1, -0.05) is 6.92 Å². The number of hydrogen-bond donors (Lipinski definition) is 5. The lowest BCUT2D eigenvalue weighted by Crippen LogP contribution is -2.18. The van der Waals surface area contributed by atoms with Gasteiger partial charge in [-0.15, -0.1) is 0 Å². The number of phenols is 3. The van der Waals surface area contributed by atoms with Crippen molar-refractivity contribution in [1.29, 1.82) is 0 Å². The van der Waals surface area contributed by atoms with Crippen molar-refractivity contribution in [3.8, 4) is 17.2 Å². The number of benzene rings is 2. The zero-order chi connectivity index (χ0) is 20.3. The molecule has 0 radical (unpaired) electrons. The van der Waals surface area contributed by atoms with Crippen LogP contribution in [0.2, 0.25) is 0 Å². The van der Waals surface area contributed by atoms with Gasteiger partial charge in [0.05, 0.1) is 17.7 Å². The number of aromatic hydroxyl groups is 3. The zero-order valence-electron chi connectivity index (χ0n) is 15.2. The van der Waals surface area contributed by atoms with Gasteiger partial charge in [0.15, 0.2) is 0 Å². The van der Waals surface area contributed by atoms with Gasteiger partial charge in [-0.2, -0.15) is 0 Å². The summed E-state index contributed by atoms with van der Waals surface area (Å²) in [4.78, 5) is 24.1. The predicted octanol–water partition coefficient (Wildman–Crippen LogP) is 2.02. The number of aromatic carboxylic acids is 1. The Kier molecular flexibility index (Phi) is 5.55. The number of rotatable bonds is 7. The minimum absolute atomic E-state index is 0.00366. The number of phenolic OH excluding ortho intramolecular Hbond substituents is 3. The molecule has 0 aliphatic rings. The molecule has 2 aromatic carbocycles. The van der Waals surface area contributed by atoms with Crippen LogP contribution in [-0.4, -0.2) is 62.2 Å². The topological polar surface area (TPSA) is 148 Å². The number of nitrogens with zero attached hydrogens (tertiary/aromatic N) is 3. The molecule has 5 N–H and O–H groups in total. The highest BCUT2D eigenvalue weighted by molar-refractivity contribution is 6.08. The normalized spacial score (nSPS) is 11.6. The van der Waals surface area contributed by atoms with E-state index < -0.39 is 5.97 Å². The summed E-state index contributed by atoms with van der Waals surface area (Å²) >= 11 is 0. The third-order valence-electron chi connectivity index (χ3n) is 4.14. The van der Waals surface area contributed by atoms with Crippen molar-refractivity contribution in [1.82, 2.24) is 15.3 Å². The van der Waals surface area contributed by atoms with Crippen molar-refractivity contribution in [3.05, 3.63) is 29.3 Å². The molecule has 0 saturated heterocycles. The third-order valence-corrected chi connectivity index (χ3v) is 4.14. The van der Waals surface area contributed by atoms with Crippen LogP contribution in [0.1, 0.15) is 29.3 Å². The molecule has 0 atom stereocenters. The van der Waals surface area contributed by atoms with Crippen LogP contribution in [0.4, 0.5) is 0 Å². The molecule has 0 aliphatic heterocycles. The minimum Gasteiger partial charge on any atom is -0.507 e. The van der Waals surface area contributed by atoms with Crippen LogP contribution in [0.25, 0.3) is 22.1 Å². The second-order valence-corrected chi connectivity index (χ2v) is 6.17. The Morgan fingerprint density at radius 2 is 1.75 bits per heavy atom. The predicted molar refractivity (Wildman–Crippen MR) is 105 cm³/mol. The molecule has 1 heterocycles. The standard InChI is InChI=1S/C19H20N4O5/c1-2-5-20-6-7-21-9-11-13(25)8-14(26)18-16(11)23-17-12(24)4-3-10(19(27)28)15(17)22-18/h3-4,8-9,20,24-26H,2,5-7H2,1H3,(H,27,28). The SMILES string of the molecule is CCCNCCN=Cc1c(O)cc(O)c2nc3c(C(=O)O)ccc(O)c3nc12. The van der Waals surface area contributed by atoms with Crippen molar-refractivity contribution >= 4 is 34.3 Å². The van der Waals surface area contributed by atoms with Gasteiger partial charge in [0.25, 0.3) is 0 Å². The molecule has 3 rings (SSSR count). The molecule has 0 amide bonds. The summed E-state index contributed by atoms with van der Waals surface area (Å²) in [5.41, 5.74) is 0.0612. The van der Waals surface area contributed by atoms with Gasteiger partial charge in [0.2, 0.25) is 0 Å². The monoisotopic (exact) mass is 384 g/mol. The van der Waals surface area contributed by atoms with Gasteiger partial charge in [-0.25, -0.2) is 14.8 Å². The van der Waals surface area contributed by atoms with E-state index >= 15 is 0 Å². The summed E-state index contributed by atoms with van der Waals surface area (Å²) in [6, 6.07) is 3.52. The number of carbonyl (C=O) groups is 1. The molecule has 0 aliphatic carbocycles. The molecule has 0 unspecified atom stereocenters. The van der Waals surface area contributed by atoms with Crippen LogP contribution in [0.15, 0.2) is 23.2 Å². The summed E-state index contributed by atoms with van der Waals surface area (Å²) in [5, 5.41) is 43.0. The molecule has 0 bridgehead atoms. The maximum atomic E-state index is 11.4. The van der Waals surface area contributed by atoms with Crippen LogP contribution >= 0.6 is 0 Å². The lowest BCUT2D eigenvalue weighted by atomic mass is 10.1. The summed E-state index contributed by atoms with van der Waals surface area (Å²) in [5.74, 6) is -2.11. The van der Waals surface area contributed by atoms with Gasteiger partial charge in [-0.05, 0) is 25.1 Å². The van der Waals surface area contributed by atoms with Crippen molar-refractivity contribution in [2.45, 2.75) is 13.3 Å². The van der Waals surface area contributed by atoms with E-state index in [-0.39, 0.29) is 50.4 Å². The zero-order valence-corrected chi connectivity index (χ0v) is 15.2. The molecule has 9 heteroatoms. The van der Waals surface area contributed by atoms with Crippen LogP contribution in [0.3, 0.4) is 0 Å². The number of aliphatic imine (C=N–C) groups is 1. The summed E-state index contributed by atoms with van der Waals surface area (Å²) in [6.45, 7) is 4.08. The molecule has 3 aromatic rings. The lowest BCUT2D eigenvalue weighted by Gasteiger charge is -2.10. The van der Waals surface area contributed by atoms with Crippen LogP contribution in [-0.2, 0) is 0 Å². The third kappa shape index (κ3) is 3.65. The largest absolute Gasteiger partial charge is 0.507 e. The Morgan fingerprint density at radius 1 is 1.04 bits per heavy atom. The number of carboxylic acid groups (broad SMARTS) is 1. The van der Waals surface area contributed by atoms with Crippen LogP contribution < -0.4 is 5.32 Å². The molecule has 9 nitrogen and oxygen atoms in total. The maximum Gasteiger partial charge on any atom is 0.337 e. The van der Waals surface area contributed by atoms with Gasteiger partial charge >= 0.3 is 5.97 Å². The van der Waals surface area contributed by atoms with Gasteiger partial charge in [-0.3, -0.25) is 4.99 Å². The quantitative estimate of drug-likeness (QED) is 0.236. The van der Waals surface area contributed by atoms with E-state index in [0.717, 1.165) is 19.0 Å². The fourth-order valence-electron chi connectivity index (χ4n) is 2.79. The first kappa shape index (κ1) is 19.3. The highest BCUT2D eigenvalue weighted by Crippen LogP contribution is 2.35. The van der Waals surface area contributed by atoms with Gasteiger partial charge in [0.1, 0.15) is 39.3 Å². The number of hydrogen-bond acceptors (Lipinski definition) is 8. The lowest BCUT2D eigenvalue weighted by molar-refractivity contribution is 0.0699. The van der Waals surface area contributed by atoms with Crippen LogP contribution in [0.5, 0.6) is 17.2 Å². The van der Waals surface area contributed by atoms with E-state index in [4.69, 9.17) is 0 Å². The fraction of sp³-hybridized carbons (Fsp3) is 0.263. The summed E-state index contributed by atoms with van der Waals surface area (Å²) in [6.07, 6.45) is 2.43. The van der Waals surface area contributed by atoms with Crippen molar-refractivity contribution in [2.24, 2.45) is 4.99 Å². The highest BCUT2D eigenvalue weighted by atomic mass is 16.4. The second-order valence-electron chi connectivity index (χ2n) is 6.17. The molecular weight excluding hydrogens is 364 g/mol. The summed E-state index contributed by atoms with van der Waals surface area (Å²) in [7, 11) is 0. The second kappa shape index (κ2) is 8.05. The Balaban J connectivity index is 2.15. The van der Waals surface area contributed by atoms with Crippen molar-refractivity contribution in [3.63, 3.8) is 0 Å². The number of aromatic nitrogens is 2. The smallest absolute Gasteiger partial charge is 0.337 e. The maximum absolute atomic E-state index is 11.4. The van der Waals surface area contributed by atoms with E-state index in [9.17, 15) is 25.2 Å². The van der Waals surface area contributed by atoms with E-state index in [2.05, 4.69) is 27.2 Å². The first-order valence-corrected chi connectivity index (χ1v) is 8.76. The Labute approximate surface area is 160 Å². The molecule has 1 aromatic heterocycles. The van der Waals surface area contributed by atoms with E-state index in [1.807, 2.05) is 0 Å². The summed E-state index contributed by atoms with van der Waals surface area (Å²) < 4.78 is 0. The number of fused-ring (bicyclic) bond motifs is 2. The average Bonchev–Trinajstić information content (AvgIpc) is 2.66. The average molecular weight is 384 g/mol. The molecule has 146 valence electrons. The van der Waals surface area contributed by atoms with Crippen LogP contribution in [0, 0.1) is 0 Å². The van der Waals surface area contributed by atoms with Crippen molar-refractivity contribution in [2.75, 3.05) is 19.6 Å². The highest BCUT2D eigenvalue weighted by Gasteiger charge is 2.19. The Bertz CT molecular complexity index is 1080. The Hall–Kier alpha value is -3.46. The number of nitrogens with one attached hydrogen (secondary N) is 1. The molecular formula is C19H20N4O5. The number of carboxylic acids is 1. The molecule has 0 fully saturated rings. The van der Waals surface area contributed by atoms with E-state index in [1.165, 1.54) is 18.3 Å². The van der Waals surface area contributed by atoms with Gasteiger partial charge < -0.3 is 25.7 Å². The minimum atomic E-state index is -1.24. The first-order valence-electron chi connectivity index (χ1n) is 8.76. The molecule has 0 saturated carbocycles. The fourth-order valence-corrected chi connectivity index (χ4v) is 2.79. The first-order chi connectivity index (χ1) is 13.4. The van der Waals surface area contributed by atoms with Gasteiger partial charge in [0, 0.05) is 18.8 Å². The van der Waals surface area contributed by atoms with E-state index in [0.29, 0.717) is 13.1 Å².